The first-order valence-corrected chi connectivity index (χ1v) is 6.56. The van der Waals surface area contributed by atoms with Crippen LogP contribution in [0, 0.1) is 13.8 Å². The predicted molar refractivity (Wildman–Crippen MR) is 69.9 cm³/mol. The molecule has 1 aliphatic carbocycles. The maximum Gasteiger partial charge on any atom is 0.0325 e. The van der Waals surface area contributed by atoms with Crippen molar-refractivity contribution in [2.45, 2.75) is 52.5 Å². The van der Waals surface area contributed by atoms with Gasteiger partial charge in [-0.1, -0.05) is 25.5 Å². The van der Waals surface area contributed by atoms with Crippen LogP contribution in [0.2, 0.25) is 0 Å². The van der Waals surface area contributed by atoms with E-state index >= 15 is 0 Å². The Morgan fingerprint density at radius 1 is 1.19 bits per heavy atom. The number of hydrogen-bond acceptors (Lipinski definition) is 1. The molecule has 0 saturated heterocycles. The van der Waals surface area contributed by atoms with Crippen LogP contribution in [-0.4, -0.2) is 6.54 Å². The molecular weight excluding hydrogens is 194 g/mol. The molecule has 1 heteroatoms. The molecule has 0 spiro atoms. The van der Waals surface area contributed by atoms with E-state index in [1.807, 2.05) is 0 Å². The summed E-state index contributed by atoms with van der Waals surface area (Å²) >= 11 is 0. The van der Waals surface area contributed by atoms with Gasteiger partial charge < -0.3 is 5.32 Å². The van der Waals surface area contributed by atoms with Crippen LogP contribution in [-0.2, 0) is 6.42 Å². The van der Waals surface area contributed by atoms with E-state index in [1.54, 1.807) is 11.1 Å². The molecule has 1 nitrogen and oxygen atoms in total. The summed E-state index contributed by atoms with van der Waals surface area (Å²) < 4.78 is 0. The zero-order valence-electron chi connectivity index (χ0n) is 10.8. The number of benzene rings is 1. The highest BCUT2D eigenvalue weighted by molar-refractivity contribution is 5.42. The first-order chi connectivity index (χ1) is 7.74. The summed E-state index contributed by atoms with van der Waals surface area (Å²) in [7, 11) is 0. The van der Waals surface area contributed by atoms with Crippen LogP contribution in [0.5, 0.6) is 0 Å². The summed E-state index contributed by atoms with van der Waals surface area (Å²) in [6.45, 7) is 7.79. The Bertz CT molecular complexity index is 368. The average molecular weight is 217 g/mol. The number of rotatable bonds is 2. The van der Waals surface area contributed by atoms with Gasteiger partial charge in [0.25, 0.3) is 0 Å². The summed E-state index contributed by atoms with van der Waals surface area (Å²) in [6, 6.07) is 5.15. The van der Waals surface area contributed by atoms with Crippen molar-refractivity contribution in [2.24, 2.45) is 0 Å². The second kappa shape index (κ2) is 5.01. The molecule has 1 aromatic carbocycles. The largest absolute Gasteiger partial charge is 0.310 e. The topological polar surface area (TPSA) is 12.0 Å². The minimum Gasteiger partial charge on any atom is -0.310 e. The normalized spacial score (nSPS) is 20.3. The highest BCUT2D eigenvalue weighted by Crippen LogP contribution is 2.32. The Hall–Kier alpha value is -0.820. The molecule has 1 aliphatic rings. The maximum atomic E-state index is 3.65. The van der Waals surface area contributed by atoms with Gasteiger partial charge in [0.2, 0.25) is 0 Å². The van der Waals surface area contributed by atoms with Crippen LogP contribution in [0.4, 0.5) is 0 Å². The molecule has 0 fully saturated rings. The van der Waals surface area contributed by atoms with E-state index in [1.165, 1.54) is 36.8 Å². The van der Waals surface area contributed by atoms with Gasteiger partial charge in [-0.05, 0) is 61.9 Å². The monoisotopic (exact) mass is 217 g/mol. The molecule has 1 unspecified atom stereocenters. The fourth-order valence-electron chi connectivity index (χ4n) is 2.95. The van der Waals surface area contributed by atoms with E-state index in [2.05, 4.69) is 38.2 Å². The van der Waals surface area contributed by atoms with Gasteiger partial charge in [-0.2, -0.15) is 0 Å². The van der Waals surface area contributed by atoms with E-state index in [9.17, 15) is 0 Å². The second-order valence-electron chi connectivity index (χ2n) is 4.95. The van der Waals surface area contributed by atoms with E-state index in [0.717, 1.165) is 6.54 Å². The van der Waals surface area contributed by atoms with Crippen molar-refractivity contribution in [2.75, 3.05) is 6.54 Å². The quantitative estimate of drug-likeness (QED) is 0.745. The molecule has 2 rings (SSSR count). The van der Waals surface area contributed by atoms with Gasteiger partial charge >= 0.3 is 0 Å². The van der Waals surface area contributed by atoms with E-state index < -0.39 is 0 Å². The molecule has 0 bridgehead atoms. The molecule has 0 aromatic heterocycles. The molecule has 1 atom stereocenters. The van der Waals surface area contributed by atoms with Crippen molar-refractivity contribution in [1.82, 2.24) is 5.32 Å². The average Bonchev–Trinajstić information content (AvgIpc) is 2.48. The van der Waals surface area contributed by atoms with E-state index in [-0.39, 0.29) is 0 Å². The standard InChI is InChI=1S/C15H23N/c1-4-16-14-8-6-5-7-13-11(2)9-10-12(3)15(13)14/h9-10,14,16H,4-8H2,1-3H3. The van der Waals surface area contributed by atoms with Crippen LogP contribution in [0.3, 0.4) is 0 Å². The van der Waals surface area contributed by atoms with Crippen molar-refractivity contribution in [3.63, 3.8) is 0 Å². The van der Waals surface area contributed by atoms with Crippen LogP contribution >= 0.6 is 0 Å². The van der Waals surface area contributed by atoms with Crippen molar-refractivity contribution >= 4 is 0 Å². The zero-order chi connectivity index (χ0) is 11.5. The molecule has 0 amide bonds. The van der Waals surface area contributed by atoms with Gasteiger partial charge in [-0.15, -0.1) is 0 Å². The first kappa shape index (κ1) is 11.7. The third kappa shape index (κ3) is 2.15. The SMILES string of the molecule is CCNC1CCCCc2c(C)ccc(C)c21. The molecule has 88 valence electrons. The fraction of sp³-hybridized carbons (Fsp3) is 0.600. The van der Waals surface area contributed by atoms with Crippen molar-refractivity contribution in [1.29, 1.82) is 0 Å². The molecule has 0 aliphatic heterocycles. The third-order valence-electron chi connectivity index (χ3n) is 3.78. The number of aryl methyl sites for hydroxylation is 2. The van der Waals surface area contributed by atoms with Crippen molar-refractivity contribution < 1.29 is 0 Å². The number of fused-ring (bicyclic) bond motifs is 1. The van der Waals surface area contributed by atoms with Crippen molar-refractivity contribution in [3.8, 4) is 0 Å². The van der Waals surface area contributed by atoms with Gasteiger partial charge in [0.1, 0.15) is 0 Å². The van der Waals surface area contributed by atoms with Gasteiger partial charge in [0, 0.05) is 6.04 Å². The van der Waals surface area contributed by atoms with Crippen LogP contribution in [0.25, 0.3) is 0 Å². The lowest BCUT2D eigenvalue weighted by molar-refractivity contribution is 0.502. The molecule has 1 N–H and O–H groups in total. The molecule has 1 aromatic rings. The molecule has 16 heavy (non-hydrogen) atoms. The Morgan fingerprint density at radius 2 is 1.94 bits per heavy atom. The third-order valence-corrected chi connectivity index (χ3v) is 3.78. The first-order valence-electron chi connectivity index (χ1n) is 6.56. The minimum absolute atomic E-state index is 0.586. The smallest absolute Gasteiger partial charge is 0.0325 e. The van der Waals surface area contributed by atoms with Crippen LogP contribution in [0.1, 0.15) is 54.5 Å². The lowest BCUT2D eigenvalue weighted by Crippen LogP contribution is -2.22. The Morgan fingerprint density at radius 3 is 2.69 bits per heavy atom. The fourth-order valence-corrected chi connectivity index (χ4v) is 2.95. The Balaban J connectivity index is 2.46. The number of nitrogens with one attached hydrogen (secondary N) is 1. The summed E-state index contributed by atoms with van der Waals surface area (Å²) in [5.74, 6) is 0. The number of hydrogen-bond donors (Lipinski definition) is 1. The Kier molecular flexibility index (Phi) is 3.65. The lowest BCUT2D eigenvalue weighted by Gasteiger charge is -2.22. The molecule has 0 radical (unpaired) electrons. The van der Waals surface area contributed by atoms with Gasteiger partial charge in [-0.3, -0.25) is 0 Å². The van der Waals surface area contributed by atoms with E-state index in [0.29, 0.717) is 6.04 Å². The van der Waals surface area contributed by atoms with Gasteiger partial charge in [-0.25, -0.2) is 0 Å². The zero-order valence-corrected chi connectivity index (χ0v) is 10.8. The summed E-state index contributed by atoms with van der Waals surface area (Å²) in [4.78, 5) is 0. The molecule has 0 saturated carbocycles. The highest BCUT2D eigenvalue weighted by Gasteiger charge is 2.20. The minimum atomic E-state index is 0.586. The Labute approximate surface area is 99.3 Å². The summed E-state index contributed by atoms with van der Waals surface area (Å²) in [6.07, 6.45) is 5.26. The highest BCUT2D eigenvalue weighted by atomic mass is 14.9. The second-order valence-corrected chi connectivity index (χ2v) is 4.95. The maximum absolute atomic E-state index is 3.65. The lowest BCUT2D eigenvalue weighted by atomic mass is 9.91. The van der Waals surface area contributed by atoms with Crippen LogP contribution < -0.4 is 5.32 Å². The van der Waals surface area contributed by atoms with Gasteiger partial charge in [0.05, 0.1) is 0 Å². The van der Waals surface area contributed by atoms with Crippen LogP contribution in [0.15, 0.2) is 12.1 Å². The van der Waals surface area contributed by atoms with Crippen molar-refractivity contribution in [3.05, 3.63) is 34.4 Å². The molecular formula is C15H23N. The summed E-state index contributed by atoms with van der Waals surface area (Å²) in [5, 5.41) is 3.65. The molecule has 0 heterocycles. The van der Waals surface area contributed by atoms with E-state index in [4.69, 9.17) is 0 Å². The van der Waals surface area contributed by atoms with Gasteiger partial charge in [0.15, 0.2) is 0 Å². The summed E-state index contributed by atoms with van der Waals surface area (Å²) in [5.41, 5.74) is 6.15. The predicted octanol–water partition coefficient (Wildman–Crippen LogP) is 3.68.